The van der Waals surface area contributed by atoms with Crippen LogP contribution in [0.4, 0.5) is 0 Å². The second-order valence-corrected chi connectivity index (χ2v) is 3.63. The van der Waals surface area contributed by atoms with Gasteiger partial charge in [0.1, 0.15) is 6.33 Å². The third kappa shape index (κ3) is 3.42. The summed E-state index contributed by atoms with van der Waals surface area (Å²) in [6.07, 6.45) is 5.03. The predicted octanol–water partition coefficient (Wildman–Crippen LogP) is 1.72. The average Bonchev–Trinajstić information content (AvgIpc) is 2.17. The zero-order chi connectivity index (χ0) is 10.4. The fourth-order valence-electron chi connectivity index (χ4n) is 1.57. The van der Waals surface area contributed by atoms with Crippen LogP contribution in [0.15, 0.2) is 12.4 Å². The summed E-state index contributed by atoms with van der Waals surface area (Å²) in [6.45, 7) is 4.20. The first kappa shape index (κ1) is 11.1. The third-order valence-electron chi connectivity index (χ3n) is 2.36. The Morgan fingerprint density at radius 2 is 2.21 bits per heavy atom. The van der Waals surface area contributed by atoms with Gasteiger partial charge in [0, 0.05) is 23.9 Å². The van der Waals surface area contributed by atoms with Crippen molar-refractivity contribution in [3.8, 4) is 0 Å². The van der Waals surface area contributed by atoms with Crippen molar-refractivity contribution in [2.75, 3.05) is 7.05 Å². The van der Waals surface area contributed by atoms with Crippen LogP contribution in [0, 0.1) is 6.92 Å². The first-order chi connectivity index (χ1) is 6.76. The van der Waals surface area contributed by atoms with Gasteiger partial charge in [-0.1, -0.05) is 13.3 Å². The number of aromatic nitrogens is 2. The molecular formula is C11H19N3. The van der Waals surface area contributed by atoms with E-state index >= 15 is 0 Å². The highest BCUT2D eigenvalue weighted by Gasteiger charge is 2.06. The number of rotatable bonds is 5. The van der Waals surface area contributed by atoms with Crippen molar-refractivity contribution in [1.82, 2.24) is 15.3 Å². The van der Waals surface area contributed by atoms with E-state index in [0.29, 0.717) is 6.04 Å². The molecule has 0 saturated carbocycles. The maximum atomic E-state index is 4.26. The summed E-state index contributed by atoms with van der Waals surface area (Å²) in [6, 6.07) is 2.59. The summed E-state index contributed by atoms with van der Waals surface area (Å²) < 4.78 is 0. The van der Waals surface area contributed by atoms with Crippen LogP contribution in [-0.2, 0) is 6.42 Å². The molecule has 1 N–H and O–H groups in total. The molecular weight excluding hydrogens is 174 g/mol. The Kier molecular flexibility index (Phi) is 4.53. The molecule has 78 valence electrons. The molecule has 0 aliphatic heterocycles. The number of likely N-dealkylation sites (N-methyl/N-ethyl adjacent to an activating group) is 1. The molecule has 0 aliphatic carbocycles. The van der Waals surface area contributed by atoms with Crippen LogP contribution < -0.4 is 5.32 Å². The summed E-state index contributed by atoms with van der Waals surface area (Å²) in [4.78, 5) is 8.35. The van der Waals surface area contributed by atoms with E-state index in [9.17, 15) is 0 Å². The quantitative estimate of drug-likeness (QED) is 0.773. The molecule has 0 aromatic carbocycles. The molecule has 0 spiro atoms. The zero-order valence-electron chi connectivity index (χ0n) is 9.25. The van der Waals surface area contributed by atoms with Crippen LogP contribution in [0.3, 0.4) is 0 Å². The van der Waals surface area contributed by atoms with Crippen molar-refractivity contribution in [2.24, 2.45) is 0 Å². The molecule has 1 rings (SSSR count). The van der Waals surface area contributed by atoms with Crippen LogP contribution in [0.1, 0.15) is 31.2 Å². The van der Waals surface area contributed by atoms with Gasteiger partial charge in [0.15, 0.2) is 0 Å². The summed E-state index contributed by atoms with van der Waals surface area (Å²) >= 11 is 0. The fourth-order valence-corrected chi connectivity index (χ4v) is 1.57. The highest BCUT2D eigenvalue weighted by atomic mass is 14.9. The minimum atomic E-state index is 0.536. The number of hydrogen-bond donors (Lipinski definition) is 1. The van der Waals surface area contributed by atoms with Crippen LogP contribution in [0.25, 0.3) is 0 Å². The first-order valence-corrected chi connectivity index (χ1v) is 5.21. The smallest absolute Gasteiger partial charge is 0.115 e. The first-order valence-electron chi connectivity index (χ1n) is 5.21. The molecule has 3 nitrogen and oxygen atoms in total. The van der Waals surface area contributed by atoms with E-state index < -0.39 is 0 Å². The van der Waals surface area contributed by atoms with E-state index in [-0.39, 0.29) is 0 Å². The van der Waals surface area contributed by atoms with Crippen LogP contribution >= 0.6 is 0 Å². The van der Waals surface area contributed by atoms with E-state index in [1.807, 2.05) is 14.0 Å². The monoisotopic (exact) mass is 193 g/mol. The Morgan fingerprint density at radius 3 is 2.79 bits per heavy atom. The van der Waals surface area contributed by atoms with Gasteiger partial charge in [0.05, 0.1) is 0 Å². The number of nitrogens with one attached hydrogen (secondary N) is 1. The van der Waals surface area contributed by atoms with E-state index in [4.69, 9.17) is 0 Å². The lowest BCUT2D eigenvalue weighted by atomic mass is 10.1. The predicted molar refractivity (Wildman–Crippen MR) is 58.2 cm³/mol. The van der Waals surface area contributed by atoms with Gasteiger partial charge < -0.3 is 5.32 Å². The lowest BCUT2D eigenvalue weighted by Gasteiger charge is -2.14. The fraction of sp³-hybridized carbons (Fsp3) is 0.636. The Balaban J connectivity index is 2.57. The average molecular weight is 193 g/mol. The second kappa shape index (κ2) is 5.70. The molecule has 1 aromatic rings. The summed E-state index contributed by atoms with van der Waals surface area (Å²) in [5, 5.41) is 3.31. The van der Waals surface area contributed by atoms with Gasteiger partial charge in [0.25, 0.3) is 0 Å². The van der Waals surface area contributed by atoms with E-state index in [0.717, 1.165) is 17.8 Å². The van der Waals surface area contributed by atoms with Gasteiger partial charge in [-0.05, 0) is 26.5 Å². The normalized spacial score (nSPS) is 12.8. The van der Waals surface area contributed by atoms with Crippen molar-refractivity contribution < 1.29 is 0 Å². The van der Waals surface area contributed by atoms with Crippen molar-refractivity contribution in [1.29, 1.82) is 0 Å². The summed E-state index contributed by atoms with van der Waals surface area (Å²) in [7, 11) is 2.01. The molecule has 0 bridgehead atoms. The molecule has 0 saturated heterocycles. The minimum absolute atomic E-state index is 0.536. The standard InChI is InChI=1S/C11H19N3/c1-4-5-10(12-3)7-11-6-9(2)13-8-14-11/h6,8,10,12H,4-5,7H2,1-3H3. The zero-order valence-corrected chi connectivity index (χ0v) is 9.25. The highest BCUT2D eigenvalue weighted by molar-refractivity contribution is 5.07. The largest absolute Gasteiger partial charge is 0.317 e. The highest BCUT2D eigenvalue weighted by Crippen LogP contribution is 2.05. The van der Waals surface area contributed by atoms with Crippen LogP contribution in [0.2, 0.25) is 0 Å². The van der Waals surface area contributed by atoms with Gasteiger partial charge >= 0.3 is 0 Å². The lowest BCUT2D eigenvalue weighted by Crippen LogP contribution is -2.27. The second-order valence-electron chi connectivity index (χ2n) is 3.63. The molecule has 14 heavy (non-hydrogen) atoms. The summed E-state index contributed by atoms with van der Waals surface area (Å²) in [5.41, 5.74) is 2.17. The van der Waals surface area contributed by atoms with Gasteiger partial charge in [-0.2, -0.15) is 0 Å². The van der Waals surface area contributed by atoms with Gasteiger partial charge in [-0.25, -0.2) is 9.97 Å². The molecule has 1 heterocycles. The maximum Gasteiger partial charge on any atom is 0.115 e. The third-order valence-corrected chi connectivity index (χ3v) is 2.36. The van der Waals surface area contributed by atoms with Gasteiger partial charge in [0.2, 0.25) is 0 Å². The van der Waals surface area contributed by atoms with Crippen LogP contribution in [-0.4, -0.2) is 23.1 Å². The molecule has 1 atom stereocenters. The van der Waals surface area contributed by atoms with E-state index in [2.05, 4.69) is 28.3 Å². The molecule has 0 aliphatic rings. The number of hydrogen-bond acceptors (Lipinski definition) is 3. The number of aryl methyl sites for hydroxylation is 1. The molecule has 3 heteroatoms. The maximum absolute atomic E-state index is 4.26. The topological polar surface area (TPSA) is 37.8 Å². The van der Waals surface area contributed by atoms with Gasteiger partial charge in [-0.3, -0.25) is 0 Å². The van der Waals surface area contributed by atoms with Crippen molar-refractivity contribution in [3.05, 3.63) is 23.8 Å². The number of nitrogens with zero attached hydrogens (tertiary/aromatic N) is 2. The Bertz CT molecular complexity index is 273. The lowest BCUT2D eigenvalue weighted by molar-refractivity contribution is 0.508. The minimum Gasteiger partial charge on any atom is -0.317 e. The molecule has 1 unspecified atom stereocenters. The van der Waals surface area contributed by atoms with E-state index in [1.54, 1.807) is 6.33 Å². The van der Waals surface area contributed by atoms with E-state index in [1.165, 1.54) is 12.8 Å². The Hall–Kier alpha value is -0.960. The molecule has 0 fully saturated rings. The molecule has 0 amide bonds. The Morgan fingerprint density at radius 1 is 1.43 bits per heavy atom. The molecule has 0 radical (unpaired) electrons. The molecule has 1 aromatic heterocycles. The van der Waals surface area contributed by atoms with Crippen LogP contribution in [0.5, 0.6) is 0 Å². The van der Waals surface area contributed by atoms with Crippen molar-refractivity contribution in [2.45, 2.75) is 39.2 Å². The van der Waals surface area contributed by atoms with Crippen molar-refractivity contribution >= 4 is 0 Å². The summed E-state index contributed by atoms with van der Waals surface area (Å²) in [5.74, 6) is 0. The van der Waals surface area contributed by atoms with Crippen molar-refractivity contribution in [3.63, 3.8) is 0 Å². The Labute approximate surface area is 86.0 Å². The van der Waals surface area contributed by atoms with Gasteiger partial charge in [-0.15, -0.1) is 0 Å². The SMILES string of the molecule is CCCC(Cc1cc(C)ncn1)NC.